The third-order valence-electron chi connectivity index (χ3n) is 6.12. The molecule has 0 saturated heterocycles. The first-order valence-corrected chi connectivity index (χ1v) is 14.0. The monoisotopic (exact) mass is 620 g/mol. The predicted molar refractivity (Wildman–Crippen MR) is 163 cm³/mol. The van der Waals surface area contributed by atoms with Gasteiger partial charge in [-0.15, -0.1) is 4.91 Å². The molecule has 0 heterocycles. The van der Waals surface area contributed by atoms with Gasteiger partial charge in [-0.1, -0.05) is 12.1 Å². The third-order valence-corrected chi connectivity index (χ3v) is 6.12. The smallest absolute Gasteiger partial charge is 0.343 e. The van der Waals surface area contributed by atoms with E-state index in [0.29, 0.717) is 55.1 Å². The van der Waals surface area contributed by atoms with Gasteiger partial charge in [0.25, 0.3) is 5.69 Å². The van der Waals surface area contributed by atoms with Gasteiger partial charge in [0.15, 0.2) is 0 Å². The van der Waals surface area contributed by atoms with E-state index in [-0.39, 0.29) is 24.5 Å². The Balaban J connectivity index is 1.29. The minimum Gasteiger partial charge on any atom is -0.491 e. The lowest BCUT2D eigenvalue weighted by molar-refractivity contribution is -0.384. The molecule has 3 aromatic rings. The van der Waals surface area contributed by atoms with Crippen molar-refractivity contribution in [3.05, 3.63) is 105 Å². The Morgan fingerprint density at radius 1 is 0.778 bits per heavy atom. The minimum atomic E-state index is -0.786. The van der Waals surface area contributed by atoms with Gasteiger partial charge in [-0.05, 0) is 85.0 Å². The number of rotatable bonds is 18. The normalized spacial score (nSPS) is 10.7. The fourth-order valence-electron chi connectivity index (χ4n) is 3.81. The molecule has 0 fully saturated rings. The molecule has 45 heavy (non-hydrogen) atoms. The van der Waals surface area contributed by atoms with Crippen LogP contribution in [0.1, 0.15) is 52.0 Å². The maximum absolute atomic E-state index is 12.4. The molecule has 3 rings (SSSR count). The summed E-state index contributed by atoms with van der Waals surface area (Å²) in [6, 6.07) is 16.3. The van der Waals surface area contributed by atoms with Crippen molar-refractivity contribution in [3.63, 3.8) is 0 Å². The molecular weight excluding hydrogens is 588 g/mol. The molecule has 236 valence electrons. The number of esters is 3. The second-order valence-corrected chi connectivity index (χ2v) is 9.46. The number of nitro groups is 1. The van der Waals surface area contributed by atoms with Gasteiger partial charge < -0.3 is 23.7 Å². The molecule has 13 heteroatoms. The van der Waals surface area contributed by atoms with Gasteiger partial charge in [-0.3, -0.25) is 10.1 Å². The van der Waals surface area contributed by atoms with Crippen molar-refractivity contribution < 1.29 is 43.0 Å². The summed E-state index contributed by atoms with van der Waals surface area (Å²) in [6.07, 6.45) is 5.45. The van der Waals surface area contributed by atoms with E-state index in [2.05, 4.69) is 5.18 Å². The number of non-ortho nitro benzene ring substituents is 1. The number of methoxy groups -OCH3 is 1. The van der Waals surface area contributed by atoms with Gasteiger partial charge in [0.05, 0.1) is 35.9 Å². The number of benzene rings is 3. The number of nitroso groups, excluding NO2 is 1. The van der Waals surface area contributed by atoms with Gasteiger partial charge >= 0.3 is 17.9 Å². The summed E-state index contributed by atoms with van der Waals surface area (Å²) in [6.45, 7) is 1.17. The number of ether oxygens (including phenoxy) is 5. The summed E-state index contributed by atoms with van der Waals surface area (Å²) < 4.78 is 26.1. The zero-order chi connectivity index (χ0) is 32.4. The van der Waals surface area contributed by atoms with Crippen LogP contribution in [0.25, 0.3) is 6.08 Å². The Morgan fingerprint density at radius 2 is 1.44 bits per heavy atom. The van der Waals surface area contributed by atoms with Gasteiger partial charge in [0.1, 0.15) is 23.8 Å². The highest BCUT2D eigenvalue weighted by molar-refractivity contribution is 5.92. The van der Waals surface area contributed by atoms with Crippen LogP contribution in [0.4, 0.5) is 11.4 Å². The average Bonchev–Trinajstić information content (AvgIpc) is 3.05. The number of nitrogens with zero attached hydrogens (tertiary/aromatic N) is 2. The molecule has 0 N–H and O–H groups in total. The van der Waals surface area contributed by atoms with Crippen LogP contribution in [0.15, 0.2) is 78.0 Å². The lowest BCUT2D eigenvalue weighted by Gasteiger charge is -2.07. The van der Waals surface area contributed by atoms with Crippen molar-refractivity contribution in [2.75, 3.05) is 33.5 Å². The van der Waals surface area contributed by atoms with E-state index in [0.717, 1.165) is 24.6 Å². The number of nitro benzene ring substituents is 1. The Bertz CT molecular complexity index is 1490. The molecule has 0 radical (unpaired) electrons. The van der Waals surface area contributed by atoms with Crippen LogP contribution >= 0.6 is 0 Å². The highest BCUT2D eigenvalue weighted by Crippen LogP contribution is 2.24. The van der Waals surface area contributed by atoms with Crippen LogP contribution in [-0.4, -0.2) is 56.4 Å². The van der Waals surface area contributed by atoms with E-state index >= 15 is 0 Å². The van der Waals surface area contributed by atoms with E-state index in [1.165, 1.54) is 6.08 Å². The highest BCUT2D eigenvalue weighted by atomic mass is 16.6. The Hall–Kier alpha value is -5.43. The molecule has 0 amide bonds. The number of hydrogen-bond donors (Lipinski definition) is 0. The minimum absolute atomic E-state index is 0.0874. The zero-order valence-electron chi connectivity index (χ0n) is 24.5. The Labute approximate surface area is 258 Å². The van der Waals surface area contributed by atoms with Crippen LogP contribution < -0.4 is 9.47 Å². The Morgan fingerprint density at radius 3 is 2.09 bits per heavy atom. The molecule has 0 unspecified atom stereocenters. The first-order chi connectivity index (χ1) is 21.8. The molecule has 0 bridgehead atoms. The van der Waals surface area contributed by atoms with Gasteiger partial charge in [0.2, 0.25) is 0 Å². The number of carbonyl (C=O) groups is 3. The molecule has 0 spiro atoms. The van der Waals surface area contributed by atoms with Crippen molar-refractivity contribution >= 4 is 35.4 Å². The lowest BCUT2D eigenvalue weighted by Crippen LogP contribution is -2.09. The molecule has 0 aliphatic rings. The van der Waals surface area contributed by atoms with Crippen molar-refractivity contribution in [2.45, 2.75) is 25.7 Å². The maximum Gasteiger partial charge on any atom is 0.343 e. The van der Waals surface area contributed by atoms with E-state index < -0.39 is 28.5 Å². The molecule has 13 nitrogen and oxygen atoms in total. The molecule has 0 aromatic heterocycles. The maximum atomic E-state index is 12.4. The number of hydrogen-bond acceptors (Lipinski definition) is 12. The Kier molecular flexibility index (Phi) is 13.8. The second kappa shape index (κ2) is 18.3. The topological polar surface area (TPSA) is 170 Å². The van der Waals surface area contributed by atoms with Gasteiger partial charge in [-0.25, -0.2) is 14.4 Å². The molecule has 0 atom stereocenters. The SMILES string of the molecule is COCCOc1ccc(C(=O)Oc2ccc(/C=C/C(=O)OCCCCCCOC(=O)c3cc(N=O)cc([N+](=O)[O-])c3)cc2)cc1. The summed E-state index contributed by atoms with van der Waals surface area (Å²) in [5, 5.41) is 13.6. The molecular formula is C32H32N2O11. The number of unbranched alkanes of at least 4 members (excludes halogenated alkanes) is 3. The fourth-order valence-corrected chi connectivity index (χ4v) is 3.81. The van der Waals surface area contributed by atoms with E-state index in [1.54, 1.807) is 61.7 Å². The van der Waals surface area contributed by atoms with Crippen molar-refractivity contribution in [1.29, 1.82) is 0 Å². The summed E-state index contributed by atoms with van der Waals surface area (Å²) >= 11 is 0. The van der Waals surface area contributed by atoms with E-state index in [9.17, 15) is 29.4 Å². The van der Waals surface area contributed by atoms with Crippen LogP contribution in [0, 0.1) is 15.0 Å². The van der Waals surface area contributed by atoms with Crippen LogP contribution in [0.2, 0.25) is 0 Å². The summed E-state index contributed by atoms with van der Waals surface area (Å²) in [5.41, 5.74) is 0.294. The van der Waals surface area contributed by atoms with E-state index in [1.807, 2.05) is 0 Å². The largest absolute Gasteiger partial charge is 0.491 e. The first-order valence-electron chi connectivity index (χ1n) is 14.0. The summed E-state index contributed by atoms with van der Waals surface area (Å²) in [4.78, 5) is 57.5. The van der Waals surface area contributed by atoms with Crippen molar-refractivity contribution in [2.24, 2.45) is 5.18 Å². The predicted octanol–water partition coefficient (Wildman–Crippen LogP) is 6.21. The quantitative estimate of drug-likeness (QED) is 0.0301. The molecule has 3 aromatic carbocycles. The first kappa shape index (κ1) is 34.1. The van der Waals surface area contributed by atoms with Crippen LogP contribution in [-0.2, 0) is 19.0 Å². The standard InChI is InChI=1S/C32H32N2O11/c1-41-18-19-42-28-13-9-24(10-14-28)32(37)45-29-11-6-23(7-12-29)8-15-30(35)43-16-4-2-3-5-17-44-31(36)25-20-26(33-38)22-27(21-25)34(39)40/h6-15,20-22H,2-5,16-19H2,1H3/b15-8+. The molecule has 0 aliphatic carbocycles. The van der Waals surface area contributed by atoms with Gasteiger partial charge in [-0.2, -0.15) is 0 Å². The van der Waals surface area contributed by atoms with E-state index in [4.69, 9.17) is 23.7 Å². The fraction of sp³-hybridized carbons (Fsp3) is 0.281. The highest BCUT2D eigenvalue weighted by Gasteiger charge is 2.16. The zero-order valence-corrected chi connectivity index (χ0v) is 24.5. The lowest BCUT2D eigenvalue weighted by atomic mass is 10.1. The van der Waals surface area contributed by atoms with Crippen LogP contribution in [0.5, 0.6) is 11.5 Å². The third kappa shape index (κ3) is 12.0. The van der Waals surface area contributed by atoms with Crippen molar-refractivity contribution in [3.8, 4) is 11.5 Å². The second-order valence-electron chi connectivity index (χ2n) is 9.46. The summed E-state index contributed by atoms with van der Waals surface area (Å²) in [5.74, 6) is -0.837. The number of carbonyl (C=O) groups excluding carboxylic acids is 3. The van der Waals surface area contributed by atoms with Crippen LogP contribution in [0.3, 0.4) is 0 Å². The van der Waals surface area contributed by atoms with Gasteiger partial charge in [0, 0.05) is 25.3 Å². The molecule has 0 aliphatic heterocycles. The van der Waals surface area contributed by atoms with Crippen molar-refractivity contribution in [1.82, 2.24) is 0 Å². The average molecular weight is 621 g/mol. The summed E-state index contributed by atoms with van der Waals surface area (Å²) in [7, 11) is 1.58. The molecule has 0 saturated carbocycles.